The average molecular weight is 373 g/mol. The van der Waals surface area contributed by atoms with E-state index in [2.05, 4.69) is 17.4 Å². The van der Waals surface area contributed by atoms with Crippen LogP contribution in [0.2, 0.25) is 0 Å². The number of carbonyl (C=O) groups excluding carboxylic acids is 1. The number of amides is 1. The number of hydrogen-bond donors (Lipinski definition) is 2. The van der Waals surface area contributed by atoms with Gasteiger partial charge in [0.15, 0.2) is 0 Å². The van der Waals surface area contributed by atoms with Crippen molar-refractivity contribution in [3.05, 3.63) is 72.3 Å². The van der Waals surface area contributed by atoms with Gasteiger partial charge in [0.1, 0.15) is 0 Å². The third-order valence-corrected chi connectivity index (χ3v) is 5.93. The SMILES string of the molecule is C=C(NNC(=O)c1cccc(S(=O)(=O)N(CC)CC)c1)c1ccccc1. The van der Waals surface area contributed by atoms with E-state index >= 15 is 0 Å². The first-order chi connectivity index (χ1) is 12.4. The molecule has 0 bridgehead atoms. The van der Waals surface area contributed by atoms with Crippen LogP contribution in [0, 0.1) is 0 Å². The largest absolute Gasteiger partial charge is 0.298 e. The van der Waals surface area contributed by atoms with Crippen LogP contribution in [0.4, 0.5) is 0 Å². The van der Waals surface area contributed by atoms with Crippen LogP contribution in [-0.4, -0.2) is 31.7 Å². The molecule has 0 unspecified atom stereocenters. The normalized spacial score (nSPS) is 11.2. The van der Waals surface area contributed by atoms with Crippen molar-refractivity contribution in [2.45, 2.75) is 18.7 Å². The number of sulfonamides is 1. The number of hydrazine groups is 1. The number of rotatable bonds is 8. The summed E-state index contributed by atoms with van der Waals surface area (Å²) >= 11 is 0. The van der Waals surface area contributed by atoms with E-state index in [-0.39, 0.29) is 10.5 Å². The molecule has 2 aromatic carbocycles. The Hall–Kier alpha value is -2.64. The van der Waals surface area contributed by atoms with Crippen LogP contribution in [0.5, 0.6) is 0 Å². The molecule has 1 amide bonds. The Morgan fingerprint density at radius 2 is 1.58 bits per heavy atom. The molecule has 2 N–H and O–H groups in total. The first kappa shape index (κ1) is 19.7. The predicted molar refractivity (Wildman–Crippen MR) is 103 cm³/mol. The molecule has 0 heterocycles. The van der Waals surface area contributed by atoms with Gasteiger partial charge in [-0.25, -0.2) is 8.42 Å². The van der Waals surface area contributed by atoms with Gasteiger partial charge in [-0.3, -0.25) is 15.6 Å². The van der Waals surface area contributed by atoms with Crippen molar-refractivity contribution in [1.82, 2.24) is 15.2 Å². The molecule has 0 aliphatic heterocycles. The van der Waals surface area contributed by atoms with Crippen LogP contribution in [0.1, 0.15) is 29.8 Å². The van der Waals surface area contributed by atoms with Gasteiger partial charge in [-0.05, 0) is 23.8 Å². The molecule has 0 spiro atoms. The molecule has 0 aliphatic rings. The fraction of sp³-hybridized carbons (Fsp3) is 0.211. The second kappa shape index (κ2) is 8.64. The maximum Gasteiger partial charge on any atom is 0.269 e. The summed E-state index contributed by atoms with van der Waals surface area (Å²) in [5.74, 6) is -0.446. The van der Waals surface area contributed by atoms with E-state index < -0.39 is 15.9 Å². The molecule has 0 saturated carbocycles. The molecule has 0 atom stereocenters. The van der Waals surface area contributed by atoms with Gasteiger partial charge < -0.3 is 0 Å². The molecule has 2 rings (SSSR count). The molecule has 0 aromatic heterocycles. The van der Waals surface area contributed by atoms with E-state index in [9.17, 15) is 13.2 Å². The minimum Gasteiger partial charge on any atom is -0.298 e. The van der Waals surface area contributed by atoms with E-state index in [1.165, 1.54) is 16.4 Å². The maximum atomic E-state index is 12.6. The van der Waals surface area contributed by atoms with Crippen molar-refractivity contribution < 1.29 is 13.2 Å². The van der Waals surface area contributed by atoms with E-state index in [4.69, 9.17) is 0 Å². The van der Waals surface area contributed by atoms with E-state index in [1.807, 2.05) is 30.3 Å². The van der Waals surface area contributed by atoms with Gasteiger partial charge in [-0.1, -0.05) is 56.8 Å². The Morgan fingerprint density at radius 1 is 0.962 bits per heavy atom. The molecule has 0 radical (unpaired) electrons. The maximum absolute atomic E-state index is 12.6. The summed E-state index contributed by atoms with van der Waals surface area (Å²) < 4.78 is 26.5. The molecular weight excluding hydrogens is 350 g/mol. The molecule has 138 valence electrons. The second-order valence-corrected chi connectivity index (χ2v) is 7.48. The van der Waals surface area contributed by atoms with Gasteiger partial charge in [-0.15, -0.1) is 0 Å². The Labute approximate surface area is 154 Å². The van der Waals surface area contributed by atoms with Gasteiger partial charge in [-0.2, -0.15) is 4.31 Å². The lowest BCUT2D eigenvalue weighted by atomic mass is 10.2. The second-order valence-electron chi connectivity index (χ2n) is 5.54. The van der Waals surface area contributed by atoms with E-state index in [1.54, 1.807) is 26.0 Å². The molecule has 6 nitrogen and oxygen atoms in total. The molecule has 0 fully saturated rings. The summed E-state index contributed by atoms with van der Waals surface area (Å²) in [5.41, 5.74) is 6.90. The lowest BCUT2D eigenvalue weighted by Gasteiger charge is -2.18. The summed E-state index contributed by atoms with van der Waals surface area (Å²) in [6.07, 6.45) is 0. The van der Waals surface area contributed by atoms with Crippen molar-refractivity contribution in [2.75, 3.05) is 13.1 Å². The molecule has 7 heteroatoms. The van der Waals surface area contributed by atoms with E-state index in [0.29, 0.717) is 18.8 Å². The number of nitrogens with one attached hydrogen (secondary N) is 2. The molecule has 2 aromatic rings. The third-order valence-electron chi connectivity index (χ3n) is 3.89. The monoisotopic (exact) mass is 373 g/mol. The van der Waals surface area contributed by atoms with Crippen LogP contribution in [-0.2, 0) is 10.0 Å². The smallest absolute Gasteiger partial charge is 0.269 e. The van der Waals surface area contributed by atoms with Gasteiger partial charge >= 0.3 is 0 Å². The van der Waals surface area contributed by atoms with Crippen LogP contribution in [0.25, 0.3) is 5.70 Å². The standard InChI is InChI=1S/C19H23N3O3S/c1-4-22(5-2)26(24,25)18-13-9-12-17(14-18)19(23)21-20-15(3)16-10-7-6-8-11-16/h6-14,20H,3-5H2,1-2H3,(H,21,23). The van der Waals surface area contributed by atoms with Crippen molar-refractivity contribution in [2.24, 2.45) is 0 Å². The lowest BCUT2D eigenvalue weighted by molar-refractivity contribution is 0.0942. The van der Waals surface area contributed by atoms with Crippen molar-refractivity contribution >= 4 is 21.6 Å². The highest BCUT2D eigenvalue weighted by atomic mass is 32.2. The molecule has 0 saturated heterocycles. The number of benzene rings is 2. The summed E-state index contributed by atoms with van der Waals surface area (Å²) in [4.78, 5) is 12.4. The fourth-order valence-corrected chi connectivity index (χ4v) is 3.93. The molecule has 0 aliphatic carbocycles. The summed E-state index contributed by atoms with van der Waals surface area (Å²) in [7, 11) is -3.62. The van der Waals surface area contributed by atoms with E-state index in [0.717, 1.165) is 5.56 Å². The van der Waals surface area contributed by atoms with Gasteiger partial charge in [0, 0.05) is 18.7 Å². The molecular formula is C19H23N3O3S. The van der Waals surface area contributed by atoms with Crippen LogP contribution in [0.15, 0.2) is 66.1 Å². The summed E-state index contributed by atoms with van der Waals surface area (Å²) in [6, 6.07) is 15.3. The minimum atomic E-state index is -3.62. The third kappa shape index (κ3) is 4.50. The number of nitrogens with zero attached hydrogens (tertiary/aromatic N) is 1. The van der Waals surface area contributed by atoms with Gasteiger partial charge in [0.2, 0.25) is 10.0 Å². The topological polar surface area (TPSA) is 78.5 Å². The first-order valence-electron chi connectivity index (χ1n) is 8.31. The Morgan fingerprint density at radius 3 is 2.19 bits per heavy atom. The van der Waals surface area contributed by atoms with Crippen LogP contribution in [0.3, 0.4) is 0 Å². The van der Waals surface area contributed by atoms with Crippen LogP contribution >= 0.6 is 0 Å². The Balaban J connectivity index is 2.12. The van der Waals surface area contributed by atoms with Crippen LogP contribution < -0.4 is 10.9 Å². The number of hydrogen-bond acceptors (Lipinski definition) is 4. The summed E-state index contributed by atoms with van der Waals surface area (Å²) in [5, 5.41) is 0. The zero-order valence-corrected chi connectivity index (χ0v) is 15.7. The zero-order chi connectivity index (χ0) is 19.2. The highest BCUT2D eigenvalue weighted by molar-refractivity contribution is 7.89. The molecule has 26 heavy (non-hydrogen) atoms. The highest BCUT2D eigenvalue weighted by Crippen LogP contribution is 2.17. The summed E-state index contributed by atoms with van der Waals surface area (Å²) in [6.45, 7) is 8.15. The van der Waals surface area contributed by atoms with Gasteiger partial charge in [0.25, 0.3) is 5.91 Å². The van der Waals surface area contributed by atoms with Crippen molar-refractivity contribution in [3.8, 4) is 0 Å². The minimum absolute atomic E-state index is 0.0933. The van der Waals surface area contributed by atoms with Crippen molar-refractivity contribution in [1.29, 1.82) is 0 Å². The highest BCUT2D eigenvalue weighted by Gasteiger charge is 2.22. The fourth-order valence-electron chi connectivity index (χ4n) is 2.43. The quantitative estimate of drug-likeness (QED) is 0.697. The predicted octanol–water partition coefficient (Wildman–Crippen LogP) is 2.62. The average Bonchev–Trinajstić information content (AvgIpc) is 2.67. The lowest BCUT2D eigenvalue weighted by Crippen LogP contribution is -2.36. The zero-order valence-electron chi connectivity index (χ0n) is 14.9. The Kier molecular flexibility index (Phi) is 6.54. The van der Waals surface area contributed by atoms with Gasteiger partial charge in [0.05, 0.1) is 10.6 Å². The van der Waals surface area contributed by atoms with Crippen molar-refractivity contribution in [3.63, 3.8) is 0 Å². The Bertz CT molecular complexity index is 876. The first-order valence-corrected chi connectivity index (χ1v) is 9.75. The number of carbonyl (C=O) groups is 1.